The third kappa shape index (κ3) is 2.39. The van der Waals surface area contributed by atoms with Gasteiger partial charge in [0.05, 0.1) is 28.8 Å². The van der Waals surface area contributed by atoms with Crippen molar-refractivity contribution in [1.29, 1.82) is 0 Å². The Morgan fingerprint density at radius 3 is 2.38 bits per heavy atom. The molecule has 0 atom stereocenters. The Balaban J connectivity index is 2.18. The molecule has 1 heterocycles. The summed E-state index contributed by atoms with van der Waals surface area (Å²) < 4.78 is 4.72. The van der Waals surface area contributed by atoms with Crippen molar-refractivity contribution in [2.45, 2.75) is 0 Å². The fourth-order valence-electron chi connectivity index (χ4n) is 2.47. The van der Waals surface area contributed by atoms with E-state index in [2.05, 4.69) is 5.32 Å². The summed E-state index contributed by atoms with van der Waals surface area (Å²) in [6, 6.07) is 8.32. The maximum atomic E-state index is 12.0. The quantitative estimate of drug-likeness (QED) is 0.400. The molecule has 2 aromatic carbocycles. The van der Waals surface area contributed by atoms with Crippen molar-refractivity contribution in [3.63, 3.8) is 0 Å². The van der Waals surface area contributed by atoms with Gasteiger partial charge in [-0.1, -0.05) is 0 Å². The number of nitro groups is 1. The van der Waals surface area contributed by atoms with Crippen LogP contribution in [0.15, 0.2) is 36.4 Å². The molecule has 0 bridgehead atoms. The Kier molecular flexibility index (Phi) is 3.57. The molecule has 1 aliphatic heterocycles. The van der Waals surface area contributed by atoms with E-state index in [0.29, 0.717) is 11.1 Å². The average molecular weight is 326 g/mol. The van der Waals surface area contributed by atoms with E-state index in [-0.39, 0.29) is 22.5 Å². The highest BCUT2D eigenvalue weighted by atomic mass is 16.6. The maximum absolute atomic E-state index is 12.0. The molecule has 2 aromatic rings. The number of esters is 1. The standard InChI is InChI=1S/C16H10N2O6/c1-24-16(21)11-6-12-13(17-15(20)14(12)19)7-10(11)8-2-4-9(5-3-8)18(22)23/h2-7H,1H3,(H,17,19,20). The van der Waals surface area contributed by atoms with Crippen molar-refractivity contribution in [2.24, 2.45) is 0 Å². The van der Waals surface area contributed by atoms with E-state index in [1.165, 1.54) is 43.5 Å². The lowest BCUT2D eigenvalue weighted by Gasteiger charge is -2.10. The number of anilines is 1. The van der Waals surface area contributed by atoms with Crippen LogP contribution in [-0.2, 0) is 9.53 Å². The molecule has 1 aliphatic rings. The molecule has 0 aliphatic carbocycles. The fraction of sp³-hybridized carbons (Fsp3) is 0.0625. The number of non-ortho nitro benzene ring substituents is 1. The smallest absolute Gasteiger partial charge is 0.338 e. The van der Waals surface area contributed by atoms with Crippen LogP contribution >= 0.6 is 0 Å². The number of amides is 1. The first-order chi connectivity index (χ1) is 11.4. The normalized spacial score (nSPS) is 12.5. The van der Waals surface area contributed by atoms with E-state index in [0.717, 1.165) is 0 Å². The van der Waals surface area contributed by atoms with Crippen molar-refractivity contribution >= 4 is 29.0 Å². The highest BCUT2D eigenvalue weighted by Gasteiger charge is 2.31. The number of ketones is 1. The van der Waals surface area contributed by atoms with E-state index in [1.807, 2.05) is 0 Å². The van der Waals surface area contributed by atoms with Crippen LogP contribution in [0.1, 0.15) is 20.7 Å². The molecule has 0 fully saturated rings. The first kappa shape index (κ1) is 15.3. The van der Waals surface area contributed by atoms with Gasteiger partial charge >= 0.3 is 5.97 Å². The Morgan fingerprint density at radius 1 is 1.12 bits per heavy atom. The molecular weight excluding hydrogens is 316 g/mol. The van der Waals surface area contributed by atoms with Gasteiger partial charge in [-0.3, -0.25) is 19.7 Å². The number of benzene rings is 2. The average Bonchev–Trinajstić information content (AvgIpc) is 2.87. The molecule has 24 heavy (non-hydrogen) atoms. The van der Waals surface area contributed by atoms with E-state index in [4.69, 9.17) is 4.74 Å². The molecule has 3 rings (SSSR count). The Bertz CT molecular complexity index is 902. The maximum Gasteiger partial charge on any atom is 0.338 e. The van der Waals surface area contributed by atoms with E-state index < -0.39 is 22.6 Å². The fourth-order valence-corrected chi connectivity index (χ4v) is 2.47. The number of rotatable bonds is 3. The van der Waals surface area contributed by atoms with Crippen LogP contribution in [0.4, 0.5) is 11.4 Å². The first-order valence-corrected chi connectivity index (χ1v) is 6.79. The van der Waals surface area contributed by atoms with Crippen LogP contribution in [0.2, 0.25) is 0 Å². The summed E-state index contributed by atoms with van der Waals surface area (Å²) in [4.78, 5) is 45.5. The van der Waals surface area contributed by atoms with Crippen LogP contribution < -0.4 is 5.32 Å². The summed E-state index contributed by atoms with van der Waals surface area (Å²) in [5, 5.41) is 13.2. The minimum atomic E-state index is -0.776. The molecule has 0 unspecified atom stereocenters. The lowest BCUT2D eigenvalue weighted by molar-refractivity contribution is -0.384. The van der Waals surface area contributed by atoms with Gasteiger partial charge in [0.25, 0.3) is 17.4 Å². The van der Waals surface area contributed by atoms with Crippen LogP contribution in [0.25, 0.3) is 11.1 Å². The summed E-state index contributed by atoms with van der Waals surface area (Å²) in [7, 11) is 1.19. The largest absolute Gasteiger partial charge is 0.465 e. The van der Waals surface area contributed by atoms with Gasteiger partial charge < -0.3 is 10.1 Å². The topological polar surface area (TPSA) is 116 Å². The minimum Gasteiger partial charge on any atom is -0.465 e. The number of hydrogen-bond acceptors (Lipinski definition) is 6. The van der Waals surface area contributed by atoms with Crippen LogP contribution in [-0.4, -0.2) is 29.7 Å². The summed E-state index contributed by atoms with van der Waals surface area (Å²) in [5.41, 5.74) is 1.28. The van der Waals surface area contributed by atoms with E-state index in [1.54, 1.807) is 0 Å². The molecule has 120 valence electrons. The van der Waals surface area contributed by atoms with Gasteiger partial charge in [0.2, 0.25) is 0 Å². The third-order valence-electron chi connectivity index (χ3n) is 3.65. The third-order valence-corrected chi connectivity index (χ3v) is 3.65. The predicted octanol–water partition coefficient (Wildman–Crippen LogP) is 2.18. The van der Waals surface area contributed by atoms with Gasteiger partial charge in [0.1, 0.15) is 0 Å². The number of nitrogens with zero attached hydrogens (tertiary/aromatic N) is 1. The van der Waals surface area contributed by atoms with Crippen LogP contribution in [0, 0.1) is 10.1 Å². The Labute approximate surface area is 135 Å². The molecule has 8 heteroatoms. The molecule has 0 aromatic heterocycles. The van der Waals surface area contributed by atoms with Crippen molar-refractivity contribution in [3.05, 3.63) is 57.6 Å². The zero-order chi connectivity index (χ0) is 17.4. The number of ether oxygens (including phenoxy) is 1. The Hall–Kier alpha value is -3.55. The monoisotopic (exact) mass is 326 g/mol. The van der Waals surface area contributed by atoms with Gasteiger partial charge in [-0.05, 0) is 35.4 Å². The molecule has 0 saturated heterocycles. The zero-order valence-corrected chi connectivity index (χ0v) is 12.4. The highest BCUT2D eigenvalue weighted by Crippen LogP contribution is 2.34. The molecular formula is C16H10N2O6. The molecule has 8 nitrogen and oxygen atoms in total. The summed E-state index contributed by atoms with van der Waals surface area (Å²) in [6.45, 7) is 0. The number of carbonyl (C=O) groups is 3. The lowest BCUT2D eigenvalue weighted by atomic mass is 9.95. The van der Waals surface area contributed by atoms with Gasteiger partial charge in [-0.2, -0.15) is 0 Å². The van der Waals surface area contributed by atoms with Crippen molar-refractivity contribution in [2.75, 3.05) is 12.4 Å². The lowest BCUT2D eigenvalue weighted by Crippen LogP contribution is -2.12. The van der Waals surface area contributed by atoms with Crippen LogP contribution in [0.5, 0.6) is 0 Å². The molecule has 0 saturated carbocycles. The number of carbonyl (C=O) groups excluding carboxylic acids is 3. The van der Waals surface area contributed by atoms with E-state index >= 15 is 0 Å². The highest BCUT2D eigenvalue weighted by molar-refractivity contribution is 6.51. The Morgan fingerprint density at radius 2 is 1.79 bits per heavy atom. The van der Waals surface area contributed by atoms with E-state index in [9.17, 15) is 24.5 Å². The molecule has 1 amide bonds. The number of nitrogens with one attached hydrogen (secondary N) is 1. The molecule has 1 N–H and O–H groups in total. The van der Waals surface area contributed by atoms with Gasteiger partial charge in [-0.25, -0.2) is 4.79 Å². The molecule has 0 radical (unpaired) electrons. The van der Waals surface area contributed by atoms with Gasteiger partial charge in [0.15, 0.2) is 0 Å². The predicted molar refractivity (Wildman–Crippen MR) is 82.8 cm³/mol. The second kappa shape index (κ2) is 5.58. The summed E-state index contributed by atoms with van der Waals surface area (Å²) in [5.74, 6) is -2.19. The minimum absolute atomic E-state index is 0.0889. The zero-order valence-electron chi connectivity index (χ0n) is 12.4. The number of Topliss-reactive ketones (excluding diaryl/α,β-unsaturated/α-hetero) is 1. The number of fused-ring (bicyclic) bond motifs is 1. The van der Waals surface area contributed by atoms with Gasteiger partial charge in [0, 0.05) is 12.1 Å². The van der Waals surface area contributed by atoms with Crippen molar-refractivity contribution < 1.29 is 24.0 Å². The number of nitro benzene ring substituents is 1. The van der Waals surface area contributed by atoms with Gasteiger partial charge in [-0.15, -0.1) is 0 Å². The summed E-state index contributed by atoms with van der Waals surface area (Å²) >= 11 is 0. The number of methoxy groups -OCH3 is 1. The first-order valence-electron chi connectivity index (χ1n) is 6.79. The molecule has 0 spiro atoms. The van der Waals surface area contributed by atoms with Crippen molar-refractivity contribution in [1.82, 2.24) is 0 Å². The van der Waals surface area contributed by atoms with Crippen LogP contribution in [0.3, 0.4) is 0 Å². The number of hydrogen-bond donors (Lipinski definition) is 1. The van der Waals surface area contributed by atoms with Crippen molar-refractivity contribution in [3.8, 4) is 11.1 Å². The second-order valence-corrected chi connectivity index (χ2v) is 5.02. The SMILES string of the molecule is COC(=O)c1cc2c(cc1-c1ccc([N+](=O)[O-])cc1)NC(=O)C2=O. The second-order valence-electron chi connectivity index (χ2n) is 5.02. The summed E-state index contributed by atoms with van der Waals surface area (Å²) in [6.07, 6.45) is 0.